The Morgan fingerprint density at radius 3 is 2.59 bits per heavy atom. The van der Waals surface area contributed by atoms with Gasteiger partial charge in [-0.1, -0.05) is 30.3 Å². The van der Waals surface area contributed by atoms with Gasteiger partial charge in [-0.2, -0.15) is 5.10 Å². The maximum Gasteiger partial charge on any atom is 0.147 e. The Morgan fingerprint density at radius 1 is 1.09 bits per heavy atom. The lowest BCUT2D eigenvalue weighted by Gasteiger charge is -2.07. The van der Waals surface area contributed by atoms with E-state index < -0.39 is 0 Å². The molecule has 0 aliphatic carbocycles. The van der Waals surface area contributed by atoms with E-state index in [9.17, 15) is 0 Å². The Kier molecular flexibility index (Phi) is 3.74. The molecular weight excluding hydrogens is 272 g/mol. The lowest BCUT2D eigenvalue weighted by atomic mass is 10.1. The Bertz CT molecular complexity index is 835. The quantitative estimate of drug-likeness (QED) is 0.436. The van der Waals surface area contributed by atoms with Gasteiger partial charge < -0.3 is 5.73 Å². The highest BCUT2D eigenvalue weighted by Gasteiger charge is 2.02. The van der Waals surface area contributed by atoms with Gasteiger partial charge in [0, 0.05) is 11.1 Å². The summed E-state index contributed by atoms with van der Waals surface area (Å²) in [6, 6.07) is 17.7. The molecular formula is C18H18N4. The van der Waals surface area contributed by atoms with Gasteiger partial charge in [0.05, 0.1) is 11.2 Å². The maximum atomic E-state index is 5.70. The molecule has 0 aliphatic heterocycles. The summed E-state index contributed by atoms with van der Waals surface area (Å²) in [6.07, 6.45) is 0. The van der Waals surface area contributed by atoms with Crippen LogP contribution in [0.5, 0.6) is 0 Å². The van der Waals surface area contributed by atoms with E-state index in [1.165, 1.54) is 5.56 Å². The topological polar surface area (TPSA) is 63.3 Å². The number of pyridine rings is 1. The number of fused-ring (bicyclic) bond motifs is 1. The van der Waals surface area contributed by atoms with E-state index >= 15 is 0 Å². The van der Waals surface area contributed by atoms with Crippen LogP contribution >= 0.6 is 0 Å². The summed E-state index contributed by atoms with van der Waals surface area (Å²) < 4.78 is 0. The van der Waals surface area contributed by atoms with Crippen molar-refractivity contribution in [3.8, 4) is 0 Å². The predicted octanol–water partition coefficient (Wildman–Crippen LogP) is 3.96. The van der Waals surface area contributed by atoms with Gasteiger partial charge in [0.25, 0.3) is 0 Å². The molecule has 0 radical (unpaired) electrons. The zero-order valence-electron chi connectivity index (χ0n) is 12.7. The SMILES string of the molecule is C/C(=N\Nc1cc(C)c2ccccc2n1)c1ccc(N)cc1. The number of para-hydroxylation sites is 1. The molecule has 0 saturated heterocycles. The van der Waals surface area contributed by atoms with Gasteiger partial charge in [-0.3, -0.25) is 5.43 Å². The summed E-state index contributed by atoms with van der Waals surface area (Å²) >= 11 is 0. The lowest BCUT2D eigenvalue weighted by Crippen LogP contribution is -2.01. The van der Waals surface area contributed by atoms with Crippen molar-refractivity contribution < 1.29 is 0 Å². The summed E-state index contributed by atoms with van der Waals surface area (Å²) in [4.78, 5) is 4.58. The number of benzene rings is 2. The molecule has 4 nitrogen and oxygen atoms in total. The molecule has 0 aliphatic rings. The number of aryl methyl sites for hydroxylation is 1. The number of aromatic nitrogens is 1. The zero-order chi connectivity index (χ0) is 15.5. The van der Waals surface area contributed by atoms with Crippen molar-refractivity contribution in [2.45, 2.75) is 13.8 Å². The van der Waals surface area contributed by atoms with Crippen LogP contribution in [0.3, 0.4) is 0 Å². The van der Waals surface area contributed by atoms with Crippen LogP contribution in [0.2, 0.25) is 0 Å². The molecule has 3 rings (SSSR count). The molecule has 110 valence electrons. The third kappa shape index (κ3) is 2.91. The molecule has 1 heterocycles. The first kappa shape index (κ1) is 14.1. The minimum atomic E-state index is 0.742. The number of anilines is 2. The van der Waals surface area contributed by atoms with Crippen LogP contribution in [-0.2, 0) is 0 Å². The summed E-state index contributed by atoms with van der Waals surface area (Å²) in [5.74, 6) is 0.742. The first-order valence-electron chi connectivity index (χ1n) is 7.16. The number of hydrogen-bond donors (Lipinski definition) is 2. The Labute approximate surface area is 129 Å². The van der Waals surface area contributed by atoms with Crippen LogP contribution in [0.15, 0.2) is 59.7 Å². The molecule has 4 heteroatoms. The second kappa shape index (κ2) is 5.85. The summed E-state index contributed by atoms with van der Waals surface area (Å²) in [5.41, 5.74) is 13.5. The van der Waals surface area contributed by atoms with Gasteiger partial charge in [0.15, 0.2) is 0 Å². The van der Waals surface area contributed by atoms with Gasteiger partial charge in [-0.05, 0) is 49.2 Å². The van der Waals surface area contributed by atoms with Crippen LogP contribution < -0.4 is 11.2 Å². The monoisotopic (exact) mass is 290 g/mol. The van der Waals surface area contributed by atoms with E-state index in [-0.39, 0.29) is 0 Å². The lowest BCUT2D eigenvalue weighted by molar-refractivity contribution is 1.24. The number of nitrogens with zero attached hydrogens (tertiary/aromatic N) is 2. The molecule has 0 spiro atoms. The summed E-state index contributed by atoms with van der Waals surface area (Å²) in [7, 11) is 0. The summed E-state index contributed by atoms with van der Waals surface area (Å²) in [6.45, 7) is 4.03. The van der Waals surface area contributed by atoms with E-state index in [0.717, 1.165) is 33.7 Å². The van der Waals surface area contributed by atoms with Crippen LogP contribution in [0, 0.1) is 6.92 Å². The van der Waals surface area contributed by atoms with Crippen molar-refractivity contribution in [2.24, 2.45) is 5.10 Å². The highest BCUT2D eigenvalue weighted by atomic mass is 15.3. The van der Waals surface area contributed by atoms with E-state index in [1.807, 2.05) is 55.5 Å². The molecule has 0 bridgehead atoms. The minimum Gasteiger partial charge on any atom is -0.399 e. The van der Waals surface area contributed by atoms with Crippen LogP contribution in [-0.4, -0.2) is 10.7 Å². The largest absolute Gasteiger partial charge is 0.399 e. The fourth-order valence-electron chi connectivity index (χ4n) is 2.34. The number of nitrogens with two attached hydrogens (primary N) is 1. The number of hydrogen-bond acceptors (Lipinski definition) is 4. The van der Waals surface area contributed by atoms with Crippen LogP contribution in [0.25, 0.3) is 10.9 Å². The molecule has 3 aromatic rings. The van der Waals surface area contributed by atoms with Gasteiger partial charge in [-0.25, -0.2) is 4.98 Å². The Hall–Kier alpha value is -2.88. The minimum absolute atomic E-state index is 0.742. The Balaban J connectivity index is 1.86. The first-order chi connectivity index (χ1) is 10.6. The van der Waals surface area contributed by atoms with Gasteiger partial charge >= 0.3 is 0 Å². The van der Waals surface area contributed by atoms with Crippen molar-refractivity contribution in [1.82, 2.24) is 4.98 Å². The van der Waals surface area contributed by atoms with Crippen molar-refractivity contribution in [3.63, 3.8) is 0 Å². The summed E-state index contributed by atoms with van der Waals surface area (Å²) in [5, 5.41) is 5.57. The number of nitrogen functional groups attached to an aromatic ring is 1. The highest BCUT2D eigenvalue weighted by Crippen LogP contribution is 2.19. The van der Waals surface area contributed by atoms with E-state index in [2.05, 4.69) is 28.5 Å². The Morgan fingerprint density at radius 2 is 1.82 bits per heavy atom. The van der Waals surface area contributed by atoms with Crippen molar-refractivity contribution in [3.05, 3.63) is 65.7 Å². The molecule has 0 amide bonds. The van der Waals surface area contributed by atoms with Gasteiger partial charge in [0.2, 0.25) is 0 Å². The molecule has 0 unspecified atom stereocenters. The third-order valence-electron chi connectivity index (χ3n) is 3.59. The molecule has 2 aromatic carbocycles. The number of nitrogens with one attached hydrogen (secondary N) is 1. The first-order valence-corrected chi connectivity index (χ1v) is 7.16. The fraction of sp³-hybridized carbons (Fsp3) is 0.111. The van der Waals surface area contributed by atoms with Gasteiger partial charge in [-0.15, -0.1) is 0 Å². The average Bonchev–Trinajstić information content (AvgIpc) is 2.53. The second-order valence-corrected chi connectivity index (χ2v) is 5.27. The second-order valence-electron chi connectivity index (χ2n) is 5.27. The molecule has 1 aromatic heterocycles. The fourth-order valence-corrected chi connectivity index (χ4v) is 2.34. The average molecular weight is 290 g/mol. The van der Waals surface area contributed by atoms with Crippen LogP contribution in [0.1, 0.15) is 18.1 Å². The molecule has 0 saturated carbocycles. The van der Waals surface area contributed by atoms with Gasteiger partial charge in [0.1, 0.15) is 5.82 Å². The molecule has 0 atom stereocenters. The third-order valence-corrected chi connectivity index (χ3v) is 3.59. The van der Waals surface area contributed by atoms with E-state index in [0.29, 0.717) is 0 Å². The maximum absolute atomic E-state index is 5.70. The normalized spacial score (nSPS) is 11.6. The molecule has 3 N–H and O–H groups in total. The zero-order valence-corrected chi connectivity index (χ0v) is 12.7. The highest BCUT2D eigenvalue weighted by molar-refractivity contribution is 5.99. The van der Waals surface area contributed by atoms with E-state index in [4.69, 9.17) is 5.73 Å². The van der Waals surface area contributed by atoms with Crippen molar-refractivity contribution in [2.75, 3.05) is 11.2 Å². The van der Waals surface area contributed by atoms with E-state index in [1.54, 1.807) is 0 Å². The number of hydrazone groups is 1. The van der Waals surface area contributed by atoms with Crippen molar-refractivity contribution >= 4 is 28.1 Å². The molecule has 22 heavy (non-hydrogen) atoms. The van der Waals surface area contributed by atoms with Crippen LogP contribution in [0.4, 0.5) is 11.5 Å². The molecule has 0 fully saturated rings. The number of rotatable bonds is 3. The van der Waals surface area contributed by atoms with Crippen molar-refractivity contribution in [1.29, 1.82) is 0 Å². The smallest absolute Gasteiger partial charge is 0.147 e. The standard InChI is InChI=1S/C18H18N4/c1-12-11-18(20-17-6-4-3-5-16(12)17)22-21-13(2)14-7-9-15(19)10-8-14/h3-11H,19H2,1-2H3,(H,20,22)/b21-13+. The predicted molar refractivity (Wildman–Crippen MR) is 93.2 cm³/mol.